The molecule has 3 nitrogen and oxygen atoms in total. The molecule has 0 saturated heterocycles. The minimum Gasteiger partial charge on any atom is -0.438 e. The van der Waals surface area contributed by atoms with Crippen LogP contribution in [0.2, 0.25) is 0 Å². The second-order valence-electron chi connectivity index (χ2n) is 3.47. The largest absolute Gasteiger partial charge is 0.438 e. The molecule has 0 amide bonds. The van der Waals surface area contributed by atoms with Gasteiger partial charge in [-0.2, -0.15) is 0 Å². The SMILES string of the molecule is C=CCN(c1ccc(C=O)o1)C1CC1. The summed E-state index contributed by atoms with van der Waals surface area (Å²) in [5.74, 6) is 1.16. The van der Waals surface area contributed by atoms with Gasteiger partial charge in [0.05, 0.1) is 0 Å². The van der Waals surface area contributed by atoms with E-state index < -0.39 is 0 Å². The first kappa shape index (κ1) is 9.06. The molecule has 1 aliphatic carbocycles. The van der Waals surface area contributed by atoms with Crippen molar-refractivity contribution in [2.24, 2.45) is 0 Å². The Morgan fingerprint density at radius 2 is 2.36 bits per heavy atom. The fourth-order valence-electron chi connectivity index (χ4n) is 1.50. The van der Waals surface area contributed by atoms with E-state index >= 15 is 0 Å². The maximum Gasteiger partial charge on any atom is 0.196 e. The third-order valence-electron chi connectivity index (χ3n) is 2.33. The number of hydrogen-bond donors (Lipinski definition) is 0. The van der Waals surface area contributed by atoms with E-state index in [9.17, 15) is 4.79 Å². The smallest absolute Gasteiger partial charge is 0.196 e. The van der Waals surface area contributed by atoms with Crippen molar-refractivity contribution in [2.45, 2.75) is 18.9 Å². The van der Waals surface area contributed by atoms with E-state index in [2.05, 4.69) is 11.5 Å². The third kappa shape index (κ3) is 1.71. The van der Waals surface area contributed by atoms with Crippen LogP contribution >= 0.6 is 0 Å². The normalized spacial score (nSPS) is 15.1. The second kappa shape index (κ2) is 3.70. The molecular formula is C11H13NO2. The van der Waals surface area contributed by atoms with Crippen molar-refractivity contribution >= 4 is 12.2 Å². The number of furan rings is 1. The number of carbonyl (C=O) groups is 1. The third-order valence-corrected chi connectivity index (χ3v) is 2.33. The minimum absolute atomic E-state index is 0.384. The van der Waals surface area contributed by atoms with Gasteiger partial charge in [0.25, 0.3) is 0 Å². The van der Waals surface area contributed by atoms with Crippen LogP contribution in [0.1, 0.15) is 23.4 Å². The molecule has 1 heterocycles. The van der Waals surface area contributed by atoms with Crippen LogP contribution in [0, 0.1) is 0 Å². The molecule has 0 N–H and O–H groups in total. The second-order valence-corrected chi connectivity index (χ2v) is 3.47. The number of anilines is 1. The summed E-state index contributed by atoms with van der Waals surface area (Å²) < 4.78 is 5.36. The molecule has 0 radical (unpaired) electrons. The highest BCUT2D eigenvalue weighted by molar-refractivity contribution is 5.71. The lowest BCUT2D eigenvalue weighted by molar-refractivity contribution is 0.110. The molecule has 2 rings (SSSR count). The molecule has 1 fully saturated rings. The van der Waals surface area contributed by atoms with Crippen molar-refractivity contribution in [1.82, 2.24) is 0 Å². The standard InChI is InChI=1S/C11H13NO2/c1-2-7-12(9-3-4-9)11-6-5-10(8-13)14-11/h2,5-6,8-9H,1,3-4,7H2. The van der Waals surface area contributed by atoms with Gasteiger partial charge in [-0.1, -0.05) is 6.08 Å². The summed E-state index contributed by atoms with van der Waals surface area (Å²) in [7, 11) is 0. The maximum atomic E-state index is 10.5. The Hall–Kier alpha value is -1.51. The maximum absolute atomic E-state index is 10.5. The van der Waals surface area contributed by atoms with Crippen LogP contribution in [0.15, 0.2) is 29.2 Å². The van der Waals surface area contributed by atoms with Crippen LogP contribution in [-0.2, 0) is 0 Å². The van der Waals surface area contributed by atoms with Crippen LogP contribution in [-0.4, -0.2) is 18.9 Å². The van der Waals surface area contributed by atoms with Gasteiger partial charge in [-0.3, -0.25) is 4.79 Å². The van der Waals surface area contributed by atoms with Gasteiger partial charge in [0.15, 0.2) is 17.9 Å². The predicted octanol–water partition coefficient (Wildman–Crippen LogP) is 2.25. The zero-order valence-electron chi connectivity index (χ0n) is 7.98. The van der Waals surface area contributed by atoms with E-state index in [1.54, 1.807) is 6.07 Å². The Labute approximate surface area is 83.0 Å². The summed E-state index contributed by atoms with van der Waals surface area (Å²) in [6.45, 7) is 4.48. The van der Waals surface area contributed by atoms with Gasteiger partial charge < -0.3 is 9.32 Å². The minimum atomic E-state index is 0.384. The highest BCUT2D eigenvalue weighted by atomic mass is 16.4. The molecular weight excluding hydrogens is 178 g/mol. The highest BCUT2D eigenvalue weighted by Gasteiger charge is 2.30. The lowest BCUT2D eigenvalue weighted by Gasteiger charge is -2.18. The van der Waals surface area contributed by atoms with Gasteiger partial charge in [0.2, 0.25) is 0 Å². The fourth-order valence-corrected chi connectivity index (χ4v) is 1.50. The number of nitrogens with zero attached hydrogens (tertiary/aromatic N) is 1. The monoisotopic (exact) mass is 191 g/mol. The van der Waals surface area contributed by atoms with Crippen molar-refractivity contribution in [3.63, 3.8) is 0 Å². The van der Waals surface area contributed by atoms with E-state index in [0.29, 0.717) is 11.8 Å². The lowest BCUT2D eigenvalue weighted by Crippen LogP contribution is -2.24. The van der Waals surface area contributed by atoms with Gasteiger partial charge in [0, 0.05) is 18.7 Å². The molecule has 74 valence electrons. The van der Waals surface area contributed by atoms with Gasteiger partial charge >= 0.3 is 0 Å². The van der Waals surface area contributed by atoms with Crippen molar-refractivity contribution in [2.75, 3.05) is 11.4 Å². The first-order valence-corrected chi connectivity index (χ1v) is 4.77. The van der Waals surface area contributed by atoms with Crippen molar-refractivity contribution in [3.05, 3.63) is 30.5 Å². The Morgan fingerprint density at radius 3 is 2.86 bits per heavy atom. The molecule has 1 aliphatic rings. The van der Waals surface area contributed by atoms with Crippen LogP contribution < -0.4 is 4.90 Å². The van der Waals surface area contributed by atoms with E-state index in [1.807, 2.05) is 12.1 Å². The summed E-state index contributed by atoms with van der Waals surface area (Å²) >= 11 is 0. The van der Waals surface area contributed by atoms with Gasteiger partial charge in [-0.05, 0) is 18.9 Å². The zero-order chi connectivity index (χ0) is 9.97. The topological polar surface area (TPSA) is 33.5 Å². The lowest BCUT2D eigenvalue weighted by atomic mass is 10.4. The predicted molar refractivity (Wildman–Crippen MR) is 54.7 cm³/mol. The van der Waals surface area contributed by atoms with E-state index in [1.165, 1.54) is 12.8 Å². The van der Waals surface area contributed by atoms with Gasteiger partial charge in [0.1, 0.15) is 0 Å². The van der Waals surface area contributed by atoms with Crippen molar-refractivity contribution in [1.29, 1.82) is 0 Å². The Bertz CT molecular complexity index is 339. The van der Waals surface area contributed by atoms with Crippen LogP contribution in [0.3, 0.4) is 0 Å². The van der Waals surface area contributed by atoms with Crippen molar-refractivity contribution < 1.29 is 9.21 Å². The van der Waals surface area contributed by atoms with E-state index in [-0.39, 0.29) is 0 Å². The van der Waals surface area contributed by atoms with Gasteiger partial charge in [-0.25, -0.2) is 0 Å². The summed E-state index contributed by atoms with van der Waals surface area (Å²) in [5, 5.41) is 0. The summed E-state index contributed by atoms with van der Waals surface area (Å²) in [5.41, 5.74) is 0. The fraction of sp³-hybridized carbons (Fsp3) is 0.364. The first-order chi connectivity index (χ1) is 6.85. The van der Waals surface area contributed by atoms with Crippen molar-refractivity contribution in [3.8, 4) is 0 Å². The average Bonchev–Trinajstić information content (AvgIpc) is 2.92. The number of rotatable bonds is 5. The molecule has 0 unspecified atom stereocenters. The molecule has 0 spiro atoms. The highest BCUT2D eigenvalue weighted by Crippen LogP contribution is 2.32. The number of hydrogen-bond acceptors (Lipinski definition) is 3. The molecule has 0 aliphatic heterocycles. The Morgan fingerprint density at radius 1 is 1.57 bits per heavy atom. The van der Waals surface area contributed by atoms with Crippen LogP contribution in [0.25, 0.3) is 0 Å². The molecule has 0 atom stereocenters. The number of aldehydes is 1. The molecule has 0 bridgehead atoms. The summed E-state index contributed by atoms with van der Waals surface area (Å²) in [6, 6.07) is 4.10. The molecule has 1 aromatic heterocycles. The molecule has 1 saturated carbocycles. The molecule has 3 heteroatoms. The zero-order valence-corrected chi connectivity index (χ0v) is 7.98. The Balaban J connectivity index is 2.16. The molecule has 1 aromatic rings. The first-order valence-electron chi connectivity index (χ1n) is 4.77. The summed E-state index contributed by atoms with van der Waals surface area (Å²) in [4.78, 5) is 12.6. The van der Waals surface area contributed by atoms with Gasteiger partial charge in [-0.15, -0.1) is 6.58 Å². The van der Waals surface area contributed by atoms with E-state index in [4.69, 9.17) is 4.42 Å². The molecule has 14 heavy (non-hydrogen) atoms. The summed E-state index contributed by atoms with van der Waals surface area (Å²) in [6.07, 6.45) is 4.97. The average molecular weight is 191 g/mol. The van der Waals surface area contributed by atoms with Crippen LogP contribution in [0.5, 0.6) is 0 Å². The number of carbonyl (C=O) groups excluding carboxylic acids is 1. The van der Waals surface area contributed by atoms with Crippen LogP contribution in [0.4, 0.5) is 5.88 Å². The molecule has 0 aromatic carbocycles. The van der Waals surface area contributed by atoms with E-state index in [0.717, 1.165) is 18.7 Å². The quantitative estimate of drug-likeness (QED) is 0.528. The Kier molecular flexibility index (Phi) is 2.39.